The molecule has 1 atom stereocenters. The van der Waals surface area contributed by atoms with E-state index in [0.29, 0.717) is 5.92 Å². The van der Waals surface area contributed by atoms with E-state index in [-0.39, 0.29) is 24.1 Å². The topological polar surface area (TPSA) is 84.1 Å². The van der Waals surface area contributed by atoms with Crippen molar-refractivity contribution in [2.75, 3.05) is 6.61 Å². The predicted octanol–water partition coefficient (Wildman–Crippen LogP) is 2.88. The minimum Gasteiger partial charge on any atom is -0.451 e. The molecule has 1 aromatic heterocycles. The van der Waals surface area contributed by atoms with Gasteiger partial charge in [-0.2, -0.15) is 5.26 Å². The number of carbonyl (C=O) groups is 2. The van der Waals surface area contributed by atoms with Crippen LogP contribution >= 0.6 is 0 Å². The van der Waals surface area contributed by atoms with Crippen molar-refractivity contribution < 1.29 is 14.3 Å². The Morgan fingerprint density at radius 2 is 2.15 bits per heavy atom. The van der Waals surface area contributed by atoms with Gasteiger partial charge in [-0.05, 0) is 63.7 Å². The molecule has 6 nitrogen and oxygen atoms in total. The Kier molecular flexibility index (Phi) is 6.62. The molecule has 0 aliphatic heterocycles. The van der Waals surface area contributed by atoms with Crippen molar-refractivity contribution in [2.24, 2.45) is 5.92 Å². The number of aryl methyl sites for hydroxylation is 1. The zero-order valence-electron chi connectivity index (χ0n) is 16.0. The summed E-state index contributed by atoms with van der Waals surface area (Å²) in [4.78, 5) is 24.0. The van der Waals surface area contributed by atoms with Gasteiger partial charge in [0.05, 0.1) is 0 Å². The van der Waals surface area contributed by atoms with Crippen molar-refractivity contribution in [3.8, 4) is 6.07 Å². The number of carbonyl (C=O) groups excluding carboxylic acids is 2. The highest BCUT2D eigenvalue weighted by Gasteiger charge is 2.29. The summed E-state index contributed by atoms with van der Waals surface area (Å²) in [6, 6.07) is 3.91. The van der Waals surface area contributed by atoms with Crippen molar-refractivity contribution in [3.05, 3.63) is 28.6 Å². The third-order valence-electron chi connectivity index (χ3n) is 4.75. The smallest absolute Gasteiger partial charge is 0.349 e. The summed E-state index contributed by atoms with van der Waals surface area (Å²) < 4.78 is 7.16. The summed E-state index contributed by atoms with van der Waals surface area (Å²) in [7, 11) is 0. The molecule has 0 aromatic carbocycles. The maximum atomic E-state index is 12.1. The van der Waals surface area contributed by atoms with Crippen molar-refractivity contribution >= 4 is 18.0 Å². The Balaban J connectivity index is 1.99. The molecule has 0 radical (unpaired) electrons. The number of nitrogens with zero attached hydrogens (tertiary/aromatic N) is 2. The van der Waals surface area contributed by atoms with Gasteiger partial charge in [0, 0.05) is 24.0 Å². The van der Waals surface area contributed by atoms with E-state index in [1.807, 2.05) is 32.9 Å². The summed E-state index contributed by atoms with van der Waals surface area (Å²) in [5.41, 5.74) is 2.79. The number of aromatic nitrogens is 1. The largest absolute Gasteiger partial charge is 0.451 e. The Morgan fingerprint density at radius 3 is 2.73 bits per heavy atom. The number of esters is 1. The molecule has 1 amide bonds. The second kappa shape index (κ2) is 8.70. The normalized spacial score (nSPS) is 15.3. The summed E-state index contributed by atoms with van der Waals surface area (Å²) in [6.45, 7) is 8.52. The molecule has 1 N–H and O–H groups in total. The Hall–Kier alpha value is -2.55. The lowest BCUT2D eigenvalue weighted by atomic mass is 10.1. The predicted molar refractivity (Wildman–Crippen MR) is 99.1 cm³/mol. The van der Waals surface area contributed by atoms with Crippen LogP contribution in [0.4, 0.5) is 0 Å². The van der Waals surface area contributed by atoms with E-state index in [4.69, 9.17) is 4.74 Å². The van der Waals surface area contributed by atoms with Crippen LogP contribution in [0.2, 0.25) is 0 Å². The van der Waals surface area contributed by atoms with Crippen molar-refractivity contribution in [1.82, 2.24) is 9.88 Å². The first kappa shape index (κ1) is 19.8. The minimum atomic E-state index is -0.776. The minimum absolute atomic E-state index is 0.0936. The maximum Gasteiger partial charge on any atom is 0.349 e. The van der Waals surface area contributed by atoms with E-state index in [1.54, 1.807) is 0 Å². The lowest BCUT2D eigenvalue weighted by molar-refractivity contribution is -0.144. The average Bonchev–Trinajstić information content (AvgIpc) is 3.41. The zero-order chi connectivity index (χ0) is 19.3. The standard InChI is InChI=1S/C20H27N3O3/c1-5-8-23-13(2)9-17(15(23)4)10-18(11-21)20(25)26-12-19(24)22-14(3)16-6-7-16/h9-10,14,16H,5-8,12H2,1-4H3,(H,22,24)/b18-10+/t14-/m1/s1. The van der Waals surface area contributed by atoms with Crippen LogP contribution in [-0.4, -0.2) is 29.1 Å². The number of hydrogen-bond donors (Lipinski definition) is 1. The van der Waals surface area contributed by atoms with Gasteiger partial charge in [0.25, 0.3) is 5.91 Å². The lowest BCUT2D eigenvalue weighted by Gasteiger charge is -2.12. The second-order valence-corrected chi connectivity index (χ2v) is 6.92. The molecular weight excluding hydrogens is 330 g/mol. The molecule has 2 rings (SSSR count). The number of nitrogens with one attached hydrogen (secondary N) is 1. The first-order chi connectivity index (χ1) is 12.4. The number of ether oxygens (including phenoxy) is 1. The third kappa shape index (κ3) is 4.98. The Labute approximate surface area is 154 Å². The van der Waals surface area contributed by atoms with Crippen LogP contribution in [-0.2, 0) is 20.9 Å². The zero-order valence-corrected chi connectivity index (χ0v) is 16.0. The molecule has 0 saturated heterocycles. The van der Waals surface area contributed by atoms with Crippen molar-refractivity contribution in [1.29, 1.82) is 5.26 Å². The van der Waals surface area contributed by atoms with E-state index in [2.05, 4.69) is 16.8 Å². The molecule has 140 valence electrons. The molecule has 1 heterocycles. The number of nitriles is 1. The van der Waals surface area contributed by atoms with Gasteiger partial charge in [-0.1, -0.05) is 6.92 Å². The number of amides is 1. The van der Waals surface area contributed by atoms with Crippen LogP contribution in [0, 0.1) is 31.1 Å². The Morgan fingerprint density at radius 1 is 1.46 bits per heavy atom. The van der Waals surface area contributed by atoms with Gasteiger partial charge in [-0.15, -0.1) is 0 Å². The van der Waals surface area contributed by atoms with Gasteiger partial charge >= 0.3 is 5.97 Å². The molecule has 0 unspecified atom stereocenters. The first-order valence-corrected chi connectivity index (χ1v) is 9.12. The van der Waals surface area contributed by atoms with Crippen LogP contribution in [0.15, 0.2) is 11.6 Å². The monoisotopic (exact) mass is 357 g/mol. The highest BCUT2D eigenvalue weighted by molar-refractivity contribution is 5.99. The molecule has 1 fully saturated rings. The van der Waals surface area contributed by atoms with Crippen LogP contribution < -0.4 is 5.32 Å². The van der Waals surface area contributed by atoms with Gasteiger partial charge in [0.2, 0.25) is 0 Å². The van der Waals surface area contributed by atoms with E-state index in [0.717, 1.165) is 42.8 Å². The van der Waals surface area contributed by atoms with E-state index < -0.39 is 5.97 Å². The van der Waals surface area contributed by atoms with E-state index in [1.165, 1.54) is 6.08 Å². The quantitative estimate of drug-likeness (QED) is 0.440. The van der Waals surface area contributed by atoms with Gasteiger partial charge < -0.3 is 14.6 Å². The highest BCUT2D eigenvalue weighted by atomic mass is 16.5. The molecule has 26 heavy (non-hydrogen) atoms. The van der Waals surface area contributed by atoms with Gasteiger partial charge in [-0.3, -0.25) is 4.79 Å². The highest BCUT2D eigenvalue weighted by Crippen LogP contribution is 2.32. The number of rotatable bonds is 8. The van der Waals surface area contributed by atoms with Crippen LogP contribution in [0.5, 0.6) is 0 Å². The van der Waals surface area contributed by atoms with E-state index in [9.17, 15) is 14.9 Å². The summed E-state index contributed by atoms with van der Waals surface area (Å²) >= 11 is 0. The molecular formula is C20H27N3O3. The second-order valence-electron chi connectivity index (χ2n) is 6.92. The fraction of sp³-hybridized carbons (Fsp3) is 0.550. The summed E-state index contributed by atoms with van der Waals surface area (Å²) in [5, 5.41) is 12.1. The van der Waals surface area contributed by atoms with Crippen LogP contribution in [0.3, 0.4) is 0 Å². The molecule has 6 heteroatoms. The third-order valence-corrected chi connectivity index (χ3v) is 4.75. The van der Waals surface area contributed by atoms with Gasteiger partial charge in [-0.25, -0.2) is 4.79 Å². The molecule has 1 aliphatic carbocycles. The van der Waals surface area contributed by atoms with Crippen molar-refractivity contribution in [2.45, 2.75) is 59.5 Å². The van der Waals surface area contributed by atoms with Crippen LogP contribution in [0.25, 0.3) is 6.08 Å². The molecule has 0 bridgehead atoms. The fourth-order valence-corrected chi connectivity index (χ4v) is 3.05. The van der Waals surface area contributed by atoms with Crippen molar-refractivity contribution in [3.63, 3.8) is 0 Å². The SMILES string of the molecule is CCCn1c(C)cc(/C=C(\C#N)C(=O)OCC(=O)N[C@H](C)C2CC2)c1C. The summed E-state index contributed by atoms with van der Waals surface area (Å²) in [5.74, 6) is -0.583. The van der Waals surface area contributed by atoms with E-state index >= 15 is 0 Å². The van der Waals surface area contributed by atoms with Crippen LogP contribution in [0.1, 0.15) is 50.1 Å². The first-order valence-electron chi connectivity index (χ1n) is 9.12. The molecule has 0 spiro atoms. The average molecular weight is 357 g/mol. The fourth-order valence-electron chi connectivity index (χ4n) is 3.05. The van der Waals surface area contributed by atoms with Gasteiger partial charge in [0.15, 0.2) is 6.61 Å². The maximum absolute atomic E-state index is 12.1. The lowest BCUT2D eigenvalue weighted by Crippen LogP contribution is -2.37. The Bertz CT molecular complexity index is 751. The molecule has 1 aromatic rings. The van der Waals surface area contributed by atoms with Gasteiger partial charge in [0.1, 0.15) is 11.6 Å². The molecule has 1 aliphatic rings. The summed E-state index contributed by atoms with van der Waals surface area (Å²) in [6.07, 6.45) is 4.78. The number of hydrogen-bond acceptors (Lipinski definition) is 4. The molecule has 1 saturated carbocycles.